The third-order valence-electron chi connectivity index (χ3n) is 6.93. The van der Waals surface area contributed by atoms with Gasteiger partial charge >= 0.3 is 6.01 Å². The Bertz CT molecular complexity index is 1490. The number of aromatic nitrogens is 2. The highest BCUT2D eigenvalue weighted by atomic mass is 32.2. The van der Waals surface area contributed by atoms with Gasteiger partial charge in [-0.25, -0.2) is 16.8 Å². The lowest BCUT2D eigenvalue weighted by molar-refractivity contribution is 0.102. The van der Waals surface area contributed by atoms with Crippen LogP contribution < -0.4 is 5.32 Å². The summed E-state index contributed by atoms with van der Waals surface area (Å²) in [7, 11) is -7.03. The number of sulfonamides is 1. The average Bonchev–Trinajstić information content (AvgIpc) is 3.36. The number of anilines is 1. The predicted octanol–water partition coefficient (Wildman–Crippen LogP) is 4.44. The third-order valence-corrected chi connectivity index (χ3v) is 11.1. The molecule has 2 aromatic carbocycles. The molecule has 1 aliphatic rings. The van der Waals surface area contributed by atoms with Gasteiger partial charge in [-0.2, -0.15) is 4.31 Å². The monoisotopic (exact) mass is 574 g/mol. The Morgan fingerprint density at radius 3 is 2.15 bits per heavy atom. The second-order valence-electron chi connectivity index (χ2n) is 9.89. The van der Waals surface area contributed by atoms with Gasteiger partial charge in [-0.3, -0.25) is 10.1 Å². The first-order valence-corrected chi connectivity index (χ1v) is 16.1. The van der Waals surface area contributed by atoms with Gasteiger partial charge < -0.3 is 4.42 Å². The summed E-state index contributed by atoms with van der Waals surface area (Å²) in [5.74, 6) is -0.273. The maximum Gasteiger partial charge on any atom is 0.322 e. The number of benzene rings is 2. The van der Waals surface area contributed by atoms with Crippen molar-refractivity contribution in [1.29, 1.82) is 0 Å². The Labute approximate surface area is 229 Å². The molecule has 4 rings (SSSR count). The highest BCUT2D eigenvalue weighted by Crippen LogP contribution is 2.28. The van der Waals surface area contributed by atoms with E-state index in [0.29, 0.717) is 6.54 Å². The van der Waals surface area contributed by atoms with Gasteiger partial charge in [0.15, 0.2) is 9.84 Å². The molecule has 1 amide bonds. The Hall–Kier alpha value is -3.09. The lowest BCUT2D eigenvalue weighted by Crippen LogP contribution is -2.41. The first-order valence-electron chi connectivity index (χ1n) is 13.1. The highest BCUT2D eigenvalue weighted by molar-refractivity contribution is 7.92. The first kappa shape index (κ1) is 28.9. The number of carbonyl (C=O) groups is 1. The minimum absolute atomic E-state index is 0.00876. The van der Waals surface area contributed by atoms with Crippen LogP contribution in [0.4, 0.5) is 6.01 Å². The molecule has 0 bridgehead atoms. The van der Waals surface area contributed by atoms with E-state index < -0.39 is 31.0 Å². The van der Waals surface area contributed by atoms with Gasteiger partial charge in [0.25, 0.3) is 5.91 Å². The molecule has 1 heterocycles. The molecule has 0 aliphatic heterocycles. The van der Waals surface area contributed by atoms with Crippen LogP contribution in [0.1, 0.15) is 74.7 Å². The average molecular weight is 575 g/mol. The number of nitrogens with one attached hydrogen (secondary N) is 1. The normalized spacial score (nSPS) is 15.1. The van der Waals surface area contributed by atoms with E-state index in [1.807, 2.05) is 6.92 Å². The summed E-state index contributed by atoms with van der Waals surface area (Å²) in [4.78, 5) is 13.1. The van der Waals surface area contributed by atoms with E-state index in [1.165, 1.54) is 24.3 Å². The van der Waals surface area contributed by atoms with Crippen molar-refractivity contribution in [2.75, 3.05) is 11.9 Å². The van der Waals surface area contributed by atoms with E-state index in [9.17, 15) is 21.6 Å². The fraction of sp³-hybridized carbons (Fsp3) is 0.444. The topological polar surface area (TPSA) is 140 Å². The molecule has 12 heteroatoms. The third kappa shape index (κ3) is 6.56. The largest absolute Gasteiger partial charge is 0.407 e. The van der Waals surface area contributed by atoms with Crippen molar-refractivity contribution in [3.05, 3.63) is 65.5 Å². The molecule has 1 N–H and O–H groups in total. The van der Waals surface area contributed by atoms with Gasteiger partial charge in [0.05, 0.1) is 21.5 Å². The Morgan fingerprint density at radius 1 is 0.949 bits per heavy atom. The molecule has 1 fully saturated rings. The Morgan fingerprint density at radius 2 is 1.56 bits per heavy atom. The summed E-state index contributed by atoms with van der Waals surface area (Å²) >= 11 is 0. The second-order valence-corrected chi connectivity index (χ2v) is 14.3. The molecular formula is C27H34N4O6S2. The van der Waals surface area contributed by atoms with Gasteiger partial charge in [-0.1, -0.05) is 43.4 Å². The van der Waals surface area contributed by atoms with Crippen LogP contribution in [-0.2, 0) is 26.3 Å². The molecular weight excluding hydrogens is 540 g/mol. The van der Waals surface area contributed by atoms with Crippen molar-refractivity contribution in [1.82, 2.24) is 14.5 Å². The zero-order valence-electron chi connectivity index (χ0n) is 22.3. The SMILES string of the molecule is CCN(C1CCCCC1)S(=O)(=O)c1ccc(C(=O)Nc2nnc(Cc3ccc(S(=O)(=O)C(C)C)cc3)o2)cc1. The van der Waals surface area contributed by atoms with E-state index in [1.54, 1.807) is 42.4 Å². The summed E-state index contributed by atoms with van der Waals surface area (Å²) in [6, 6.07) is 12.2. The van der Waals surface area contributed by atoms with E-state index >= 15 is 0 Å². The maximum absolute atomic E-state index is 13.2. The Kier molecular flexibility index (Phi) is 8.87. The van der Waals surface area contributed by atoms with Crippen LogP contribution in [0.5, 0.6) is 0 Å². The van der Waals surface area contributed by atoms with Crippen molar-refractivity contribution < 1.29 is 26.0 Å². The van der Waals surface area contributed by atoms with Gasteiger partial charge in [0, 0.05) is 18.2 Å². The zero-order valence-corrected chi connectivity index (χ0v) is 24.0. The van der Waals surface area contributed by atoms with E-state index in [-0.39, 0.29) is 39.7 Å². The zero-order chi connectivity index (χ0) is 28.2. The molecule has 3 aromatic rings. The number of hydrogen-bond donors (Lipinski definition) is 1. The summed E-state index contributed by atoms with van der Waals surface area (Å²) in [6.07, 6.45) is 5.18. The van der Waals surface area contributed by atoms with Crippen LogP contribution in [0.25, 0.3) is 0 Å². The standard InChI is InChI=1S/C27H34N4O6S2/c1-4-31(22-8-6-5-7-9-22)39(35,36)24-16-12-21(13-17-24)26(32)28-27-30-29-25(37-27)18-20-10-14-23(15-11-20)38(33,34)19(2)3/h10-17,19,22H,4-9,18H2,1-3H3,(H,28,30,32). The number of carbonyl (C=O) groups excluding carboxylic acids is 1. The predicted molar refractivity (Wildman–Crippen MR) is 147 cm³/mol. The lowest BCUT2D eigenvalue weighted by Gasteiger charge is -2.32. The van der Waals surface area contributed by atoms with E-state index in [0.717, 1.165) is 37.7 Å². The van der Waals surface area contributed by atoms with Crippen molar-refractivity contribution in [3.8, 4) is 0 Å². The van der Waals surface area contributed by atoms with Crippen molar-refractivity contribution in [3.63, 3.8) is 0 Å². The number of nitrogens with zero attached hydrogens (tertiary/aromatic N) is 3. The maximum atomic E-state index is 13.2. The van der Waals surface area contributed by atoms with Crippen LogP contribution in [0.2, 0.25) is 0 Å². The summed E-state index contributed by atoms with van der Waals surface area (Å²) in [5, 5.41) is 9.81. The number of amides is 1. The molecule has 210 valence electrons. The molecule has 39 heavy (non-hydrogen) atoms. The number of sulfone groups is 1. The molecule has 0 spiro atoms. The second kappa shape index (κ2) is 12.0. The summed E-state index contributed by atoms with van der Waals surface area (Å²) < 4.78 is 58.2. The van der Waals surface area contributed by atoms with Gasteiger partial charge in [0.2, 0.25) is 15.9 Å². The lowest BCUT2D eigenvalue weighted by atomic mass is 9.95. The fourth-order valence-corrected chi connectivity index (χ4v) is 7.45. The van der Waals surface area contributed by atoms with Crippen molar-refractivity contribution in [2.24, 2.45) is 0 Å². The fourth-order valence-electron chi connectivity index (χ4n) is 4.70. The van der Waals surface area contributed by atoms with Crippen LogP contribution in [-0.4, -0.2) is 55.1 Å². The Balaban J connectivity index is 1.39. The number of rotatable bonds is 10. The van der Waals surface area contributed by atoms with Crippen LogP contribution >= 0.6 is 0 Å². The van der Waals surface area contributed by atoms with Crippen molar-refractivity contribution >= 4 is 31.8 Å². The smallest absolute Gasteiger partial charge is 0.322 e. The molecule has 0 atom stereocenters. The molecule has 0 radical (unpaired) electrons. The quantitative estimate of drug-likeness (QED) is 0.375. The molecule has 0 unspecified atom stereocenters. The molecule has 0 saturated heterocycles. The minimum Gasteiger partial charge on any atom is -0.407 e. The minimum atomic E-state index is -3.67. The molecule has 1 saturated carbocycles. The molecule has 10 nitrogen and oxygen atoms in total. The van der Waals surface area contributed by atoms with Crippen molar-refractivity contribution in [2.45, 2.75) is 80.4 Å². The van der Waals surface area contributed by atoms with Crippen LogP contribution in [0, 0.1) is 0 Å². The van der Waals surface area contributed by atoms with Gasteiger partial charge in [-0.15, -0.1) is 5.10 Å². The molecule has 1 aliphatic carbocycles. The van der Waals surface area contributed by atoms with Gasteiger partial charge in [-0.05, 0) is 68.7 Å². The van der Waals surface area contributed by atoms with E-state index in [2.05, 4.69) is 15.5 Å². The van der Waals surface area contributed by atoms with E-state index in [4.69, 9.17) is 4.42 Å². The van der Waals surface area contributed by atoms with Gasteiger partial charge in [0.1, 0.15) is 0 Å². The summed E-state index contributed by atoms with van der Waals surface area (Å²) in [5.41, 5.74) is 1.02. The first-order chi connectivity index (χ1) is 18.5. The highest BCUT2D eigenvalue weighted by Gasteiger charge is 2.31. The molecule has 1 aromatic heterocycles. The van der Waals surface area contributed by atoms with Crippen LogP contribution in [0.15, 0.2) is 62.7 Å². The van der Waals surface area contributed by atoms with Crippen LogP contribution in [0.3, 0.4) is 0 Å². The summed E-state index contributed by atoms with van der Waals surface area (Å²) in [6.45, 7) is 5.51. The number of hydrogen-bond acceptors (Lipinski definition) is 8.